The Bertz CT molecular complexity index is 379. The third-order valence-electron chi connectivity index (χ3n) is 4.01. The fourth-order valence-corrected chi connectivity index (χ4v) is 2.59. The Hall–Kier alpha value is -0.400. The summed E-state index contributed by atoms with van der Waals surface area (Å²) in [6.07, 6.45) is -11.6. The van der Waals surface area contributed by atoms with E-state index in [1.807, 2.05) is 0 Å². The Kier molecular flexibility index (Phi) is 5.39. The highest BCUT2D eigenvalue weighted by Crippen LogP contribution is 2.35. The van der Waals surface area contributed by atoms with Crippen molar-refractivity contribution in [3.63, 3.8) is 0 Å². The lowest BCUT2D eigenvalue weighted by Crippen LogP contribution is -2.61. The van der Waals surface area contributed by atoms with Crippen LogP contribution in [0.25, 0.3) is 0 Å². The van der Waals surface area contributed by atoms with Crippen LogP contribution in [0.2, 0.25) is 0 Å². The van der Waals surface area contributed by atoms with Crippen molar-refractivity contribution in [3.8, 4) is 0 Å². The van der Waals surface area contributed by atoms with Crippen LogP contribution in [-0.2, 0) is 14.2 Å². The van der Waals surface area contributed by atoms with Crippen molar-refractivity contribution in [1.82, 2.24) is 0 Å². The first-order chi connectivity index (χ1) is 10.2. The molecule has 0 aromatic heterocycles. The number of aliphatic hydroxyl groups excluding tert-OH is 7. The van der Waals surface area contributed by atoms with Crippen LogP contribution in [0, 0.1) is 0 Å². The van der Waals surface area contributed by atoms with E-state index in [0.717, 1.165) is 0 Å². The molecule has 0 amide bonds. The fraction of sp³-hybridized carbons (Fsp3) is 1.00. The molecule has 22 heavy (non-hydrogen) atoms. The van der Waals surface area contributed by atoms with Crippen molar-refractivity contribution in [3.05, 3.63) is 0 Å². The van der Waals surface area contributed by atoms with Gasteiger partial charge in [0.05, 0.1) is 13.2 Å². The molecule has 0 aliphatic carbocycles. The lowest BCUT2D eigenvalue weighted by atomic mass is 9.99. The standard InChI is InChI=1S/C12H22O10/c1-12(10(19)7(16)5(3-14)21-12)22-11-9(18)8(17)6(15)4(2-13)20-11/h4-11,13-19H,2-3H2,1H3/t4?,5-,6-,7?,8?,9?,10?,11-,12+/m1/s1. The minimum absolute atomic E-state index is 0.564. The molecule has 0 aromatic carbocycles. The molecule has 9 atom stereocenters. The summed E-state index contributed by atoms with van der Waals surface area (Å²) in [7, 11) is 0. The number of ether oxygens (including phenoxy) is 3. The van der Waals surface area contributed by atoms with E-state index < -0.39 is 68.0 Å². The summed E-state index contributed by atoms with van der Waals surface area (Å²) >= 11 is 0. The summed E-state index contributed by atoms with van der Waals surface area (Å²) in [4.78, 5) is 0. The summed E-state index contributed by atoms with van der Waals surface area (Å²) in [6, 6.07) is 0. The smallest absolute Gasteiger partial charge is 0.197 e. The lowest BCUT2D eigenvalue weighted by Gasteiger charge is -2.42. The molecule has 2 rings (SSSR count). The van der Waals surface area contributed by atoms with Crippen LogP contribution in [0.1, 0.15) is 6.92 Å². The van der Waals surface area contributed by atoms with Gasteiger partial charge >= 0.3 is 0 Å². The van der Waals surface area contributed by atoms with Crippen molar-refractivity contribution in [2.24, 2.45) is 0 Å². The Morgan fingerprint density at radius 1 is 0.864 bits per heavy atom. The summed E-state index contributed by atoms with van der Waals surface area (Å²) in [5.74, 6) is -1.82. The predicted molar refractivity (Wildman–Crippen MR) is 67.2 cm³/mol. The molecule has 5 unspecified atom stereocenters. The molecule has 2 aliphatic heterocycles. The molecule has 10 nitrogen and oxygen atoms in total. The van der Waals surface area contributed by atoms with Gasteiger partial charge in [0.1, 0.15) is 42.7 Å². The highest BCUT2D eigenvalue weighted by molar-refractivity contribution is 4.96. The van der Waals surface area contributed by atoms with Crippen LogP contribution < -0.4 is 0 Å². The van der Waals surface area contributed by atoms with Gasteiger partial charge in [0, 0.05) is 0 Å². The van der Waals surface area contributed by atoms with Crippen LogP contribution in [0.5, 0.6) is 0 Å². The fourth-order valence-electron chi connectivity index (χ4n) is 2.59. The lowest BCUT2D eigenvalue weighted by molar-refractivity contribution is -0.373. The zero-order chi connectivity index (χ0) is 16.7. The molecular weight excluding hydrogens is 304 g/mol. The molecule has 0 spiro atoms. The van der Waals surface area contributed by atoms with Crippen LogP contribution >= 0.6 is 0 Å². The topological polar surface area (TPSA) is 169 Å². The van der Waals surface area contributed by atoms with E-state index in [0.29, 0.717) is 0 Å². The first-order valence-electron chi connectivity index (χ1n) is 6.88. The Morgan fingerprint density at radius 2 is 1.45 bits per heavy atom. The Morgan fingerprint density at radius 3 is 1.95 bits per heavy atom. The van der Waals surface area contributed by atoms with Crippen LogP contribution in [-0.4, -0.2) is 104 Å². The van der Waals surface area contributed by atoms with Gasteiger partial charge in [-0.1, -0.05) is 0 Å². The maximum absolute atomic E-state index is 9.97. The number of aliphatic hydroxyl groups is 7. The van der Waals surface area contributed by atoms with Gasteiger partial charge < -0.3 is 50.0 Å². The zero-order valence-corrected chi connectivity index (χ0v) is 11.9. The van der Waals surface area contributed by atoms with E-state index in [9.17, 15) is 25.5 Å². The molecule has 0 saturated carbocycles. The van der Waals surface area contributed by atoms with Gasteiger partial charge in [-0.15, -0.1) is 0 Å². The first-order valence-corrected chi connectivity index (χ1v) is 6.88. The largest absolute Gasteiger partial charge is 0.394 e. The van der Waals surface area contributed by atoms with E-state index in [2.05, 4.69) is 0 Å². The zero-order valence-electron chi connectivity index (χ0n) is 11.9. The number of rotatable bonds is 4. The van der Waals surface area contributed by atoms with E-state index in [1.165, 1.54) is 6.92 Å². The van der Waals surface area contributed by atoms with E-state index in [-0.39, 0.29) is 0 Å². The highest BCUT2D eigenvalue weighted by atomic mass is 16.8. The molecule has 0 aromatic rings. The normalized spacial score (nSPS) is 52.9. The molecular formula is C12H22O10. The maximum Gasteiger partial charge on any atom is 0.197 e. The van der Waals surface area contributed by atoms with E-state index in [1.54, 1.807) is 0 Å². The molecule has 0 radical (unpaired) electrons. The molecule has 0 bridgehead atoms. The van der Waals surface area contributed by atoms with Gasteiger partial charge in [-0.3, -0.25) is 0 Å². The second kappa shape index (κ2) is 6.61. The summed E-state index contributed by atoms with van der Waals surface area (Å²) in [5, 5.41) is 67.1. The van der Waals surface area contributed by atoms with Gasteiger partial charge in [-0.25, -0.2) is 0 Å². The molecule has 2 saturated heterocycles. The average Bonchev–Trinajstić information content (AvgIpc) is 2.72. The Balaban J connectivity index is 2.12. The molecule has 7 N–H and O–H groups in total. The third kappa shape index (κ3) is 2.99. The second-order valence-electron chi connectivity index (χ2n) is 5.61. The van der Waals surface area contributed by atoms with Crippen molar-refractivity contribution in [1.29, 1.82) is 0 Å². The van der Waals surface area contributed by atoms with Gasteiger partial charge in [0.2, 0.25) is 0 Å². The first kappa shape index (κ1) is 17.9. The van der Waals surface area contributed by atoms with E-state index in [4.69, 9.17) is 24.4 Å². The molecule has 2 aliphatic rings. The quantitative estimate of drug-likeness (QED) is 0.268. The predicted octanol–water partition coefficient (Wildman–Crippen LogP) is -4.37. The van der Waals surface area contributed by atoms with Gasteiger partial charge in [-0.2, -0.15) is 0 Å². The van der Waals surface area contributed by atoms with Gasteiger partial charge in [0.15, 0.2) is 12.1 Å². The number of hydrogen-bond donors (Lipinski definition) is 7. The van der Waals surface area contributed by atoms with Crippen molar-refractivity contribution >= 4 is 0 Å². The average molecular weight is 326 g/mol. The third-order valence-corrected chi connectivity index (χ3v) is 4.01. The minimum atomic E-state index is -1.82. The monoisotopic (exact) mass is 326 g/mol. The number of hydrogen-bond acceptors (Lipinski definition) is 10. The summed E-state index contributed by atoms with van der Waals surface area (Å²) < 4.78 is 15.7. The molecule has 130 valence electrons. The molecule has 2 fully saturated rings. The molecule has 10 heteroatoms. The van der Waals surface area contributed by atoms with Crippen molar-refractivity contribution < 1.29 is 50.0 Å². The second-order valence-corrected chi connectivity index (χ2v) is 5.61. The van der Waals surface area contributed by atoms with Crippen LogP contribution in [0.15, 0.2) is 0 Å². The van der Waals surface area contributed by atoms with Crippen LogP contribution in [0.3, 0.4) is 0 Å². The summed E-state index contributed by atoms with van der Waals surface area (Å²) in [5.41, 5.74) is 0. The summed E-state index contributed by atoms with van der Waals surface area (Å²) in [6.45, 7) is 0.0661. The maximum atomic E-state index is 9.97. The SMILES string of the molecule is C[C@@]1(O[C@H]2OC(CO)[C@@H](O)C(O)C2O)O[C@H](CO)C(O)C1O. The van der Waals surface area contributed by atoms with Gasteiger partial charge in [0.25, 0.3) is 0 Å². The highest BCUT2D eigenvalue weighted by Gasteiger charge is 2.55. The minimum Gasteiger partial charge on any atom is -0.394 e. The van der Waals surface area contributed by atoms with Crippen LogP contribution in [0.4, 0.5) is 0 Å². The van der Waals surface area contributed by atoms with Crippen molar-refractivity contribution in [2.45, 2.75) is 61.7 Å². The Labute approximate surface area is 126 Å². The molecule has 2 heterocycles. The van der Waals surface area contributed by atoms with E-state index >= 15 is 0 Å². The van der Waals surface area contributed by atoms with Crippen molar-refractivity contribution in [2.75, 3.05) is 13.2 Å². The van der Waals surface area contributed by atoms with Gasteiger partial charge in [-0.05, 0) is 6.92 Å².